The van der Waals surface area contributed by atoms with Gasteiger partial charge in [0.1, 0.15) is 5.78 Å². The molecule has 0 aromatic heterocycles. The molecule has 0 bridgehead atoms. The zero-order valence-corrected chi connectivity index (χ0v) is 13.8. The number of Topliss-reactive ketones (excluding diaryl/α,β-unsaturated/α-hetero) is 1. The van der Waals surface area contributed by atoms with Crippen molar-refractivity contribution in [2.45, 2.75) is 58.3 Å². The Morgan fingerprint density at radius 3 is 2.74 bits per heavy atom. The molecule has 3 saturated carbocycles. The Morgan fingerprint density at radius 1 is 1.13 bits per heavy atom. The van der Waals surface area contributed by atoms with Crippen LogP contribution in [0.2, 0.25) is 0 Å². The number of carbonyl (C=O) groups excluding carboxylic acids is 2. The molecule has 0 aromatic carbocycles. The van der Waals surface area contributed by atoms with Gasteiger partial charge < -0.3 is 5.21 Å². The number of rotatable bonds is 1. The lowest BCUT2D eigenvalue weighted by Crippen LogP contribution is -2.52. The molecule has 0 aromatic rings. The quantitative estimate of drug-likeness (QED) is 0.457. The lowest BCUT2D eigenvalue weighted by atomic mass is 9.47. The zero-order valence-electron chi connectivity index (χ0n) is 13.8. The van der Waals surface area contributed by atoms with Gasteiger partial charge in [-0.1, -0.05) is 12.5 Å². The first-order valence-corrected chi connectivity index (χ1v) is 8.97. The standard InChI is InChI=1S/C19H25NO3/c1-18-8-7-16-14(15(18)4-5-17(18)22)3-2-12-10-13(21)6-9-19(12,16)11-20-23/h10-11,14-16,23H,2-9H2,1H3/b20-11-. The number of allylic oxidation sites excluding steroid dienone is 1. The fourth-order valence-electron chi connectivity index (χ4n) is 6.39. The predicted molar refractivity (Wildman–Crippen MR) is 86.3 cm³/mol. The third-order valence-corrected chi connectivity index (χ3v) is 7.56. The molecule has 4 heteroatoms. The maximum atomic E-state index is 12.4. The summed E-state index contributed by atoms with van der Waals surface area (Å²) in [6, 6.07) is 0. The lowest BCUT2D eigenvalue weighted by Gasteiger charge is -2.56. The third kappa shape index (κ3) is 1.93. The van der Waals surface area contributed by atoms with E-state index in [1.165, 1.54) is 5.57 Å². The number of carbonyl (C=O) groups is 2. The van der Waals surface area contributed by atoms with E-state index in [4.69, 9.17) is 0 Å². The van der Waals surface area contributed by atoms with E-state index in [-0.39, 0.29) is 16.6 Å². The molecule has 0 saturated heterocycles. The Bertz CT molecular complexity index is 622. The summed E-state index contributed by atoms with van der Waals surface area (Å²) in [5.41, 5.74) is 0.781. The van der Waals surface area contributed by atoms with Crippen LogP contribution in [0.1, 0.15) is 58.3 Å². The maximum Gasteiger partial charge on any atom is 0.155 e. The second-order valence-electron chi connectivity index (χ2n) is 8.25. The fraction of sp³-hybridized carbons (Fsp3) is 0.737. The van der Waals surface area contributed by atoms with Gasteiger partial charge in [0.2, 0.25) is 0 Å². The van der Waals surface area contributed by atoms with Crippen molar-refractivity contribution in [3.63, 3.8) is 0 Å². The van der Waals surface area contributed by atoms with E-state index >= 15 is 0 Å². The molecule has 3 fully saturated rings. The van der Waals surface area contributed by atoms with Gasteiger partial charge >= 0.3 is 0 Å². The predicted octanol–water partition coefficient (Wildman–Crippen LogP) is 3.53. The van der Waals surface area contributed by atoms with Crippen LogP contribution in [0.25, 0.3) is 0 Å². The fourth-order valence-corrected chi connectivity index (χ4v) is 6.39. The number of oxime groups is 1. The minimum absolute atomic E-state index is 0.135. The topological polar surface area (TPSA) is 66.7 Å². The first-order chi connectivity index (χ1) is 11.0. The monoisotopic (exact) mass is 315 g/mol. The first-order valence-electron chi connectivity index (χ1n) is 8.97. The van der Waals surface area contributed by atoms with Gasteiger partial charge in [0.05, 0.1) is 6.21 Å². The van der Waals surface area contributed by atoms with Crippen molar-refractivity contribution >= 4 is 17.8 Å². The van der Waals surface area contributed by atoms with Crippen molar-refractivity contribution in [1.29, 1.82) is 0 Å². The molecule has 5 atom stereocenters. The lowest BCUT2D eigenvalue weighted by molar-refractivity contribution is -0.131. The SMILES string of the molecule is CC12CCC3C(CCC4=CC(=O)CCC43/C=N\O)C1CCC2=O. The maximum absolute atomic E-state index is 12.4. The molecule has 0 spiro atoms. The number of hydrogen-bond acceptors (Lipinski definition) is 4. The average molecular weight is 315 g/mol. The van der Waals surface area contributed by atoms with Gasteiger partial charge in [-0.15, -0.1) is 5.16 Å². The Balaban J connectivity index is 1.76. The van der Waals surface area contributed by atoms with E-state index in [9.17, 15) is 14.8 Å². The molecule has 23 heavy (non-hydrogen) atoms. The summed E-state index contributed by atoms with van der Waals surface area (Å²) in [4.78, 5) is 24.3. The second kappa shape index (κ2) is 5.02. The second-order valence-corrected chi connectivity index (χ2v) is 8.25. The van der Waals surface area contributed by atoms with Gasteiger partial charge in [0, 0.05) is 23.7 Å². The summed E-state index contributed by atoms with van der Waals surface area (Å²) < 4.78 is 0. The average Bonchev–Trinajstić information content (AvgIpc) is 2.84. The Kier molecular flexibility index (Phi) is 3.30. The van der Waals surface area contributed by atoms with Crippen molar-refractivity contribution in [2.24, 2.45) is 33.7 Å². The van der Waals surface area contributed by atoms with E-state index in [2.05, 4.69) is 12.1 Å². The molecule has 0 aliphatic heterocycles. The number of nitrogens with zero attached hydrogens (tertiary/aromatic N) is 1. The van der Waals surface area contributed by atoms with Crippen molar-refractivity contribution < 1.29 is 14.8 Å². The number of ketones is 2. The van der Waals surface area contributed by atoms with Crippen LogP contribution in [0.3, 0.4) is 0 Å². The van der Waals surface area contributed by atoms with Crippen LogP contribution in [0.15, 0.2) is 16.8 Å². The highest BCUT2D eigenvalue weighted by Crippen LogP contribution is 2.63. The van der Waals surface area contributed by atoms with Crippen LogP contribution in [0, 0.1) is 28.6 Å². The van der Waals surface area contributed by atoms with Gasteiger partial charge in [0.25, 0.3) is 0 Å². The van der Waals surface area contributed by atoms with Crippen LogP contribution in [-0.2, 0) is 9.59 Å². The zero-order chi connectivity index (χ0) is 16.2. The van der Waals surface area contributed by atoms with E-state index in [1.807, 2.05) is 6.08 Å². The Hall–Kier alpha value is -1.45. The van der Waals surface area contributed by atoms with Crippen LogP contribution in [-0.4, -0.2) is 23.0 Å². The van der Waals surface area contributed by atoms with Crippen LogP contribution < -0.4 is 0 Å². The summed E-state index contributed by atoms with van der Waals surface area (Å²) in [5, 5.41) is 12.7. The summed E-state index contributed by atoms with van der Waals surface area (Å²) in [5.74, 6) is 2.05. The summed E-state index contributed by atoms with van der Waals surface area (Å²) >= 11 is 0. The molecule has 0 radical (unpaired) electrons. The minimum Gasteiger partial charge on any atom is -0.411 e. The van der Waals surface area contributed by atoms with E-state index in [0.29, 0.717) is 30.0 Å². The molecule has 4 nitrogen and oxygen atoms in total. The summed E-state index contributed by atoms with van der Waals surface area (Å²) in [6.07, 6.45) is 10.5. The van der Waals surface area contributed by atoms with Crippen molar-refractivity contribution in [3.05, 3.63) is 11.6 Å². The Labute approximate surface area is 137 Å². The van der Waals surface area contributed by atoms with Gasteiger partial charge in [-0.25, -0.2) is 0 Å². The molecule has 5 unspecified atom stereocenters. The largest absolute Gasteiger partial charge is 0.411 e. The molecular formula is C19H25NO3. The van der Waals surface area contributed by atoms with E-state index in [1.54, 1.807) is 6.21 Å². The van der Waals surface area contributed by atoms with Crippen molar-refractivity contribution in [1.82, 2.24) is 0 Å². The Morgan fingerprint density at radius 2 is 1.96 bits per heavy atom. The summed E-state index contributed by atoms with van der Waals surface area (Å²) in [6.45, 7) is 2.17. The van der Waals surface area contributed by atoms with Crippen LogP contribution >= 0.6 is 0 Å². The van der Waals surface area contributed by atoms with Gasteiger partial charge in [-0.3, -0.25) is 9.59 Å². The molecule has 4 aliphatic rings. The molecule has 4 rings (SSSR count). The van der Waals surface area contributed by atoms with Crippen LogP contribution in [0.5, 0.6) is 0 Å². The van der Waals surface area contributed by atoms with Crippen molar-refractivity contribution in [3.8, 4) is 0 Å². The normalized spacial score (nSPS) is 46.3. The number of hydrogen-bond donors (Lipinski definition) is 1. The highest BCUT2D eigenvalue weighted by atomic mass is 16.4. The first kappa shape index (κ1) is 15.1. The van der Waals surface area contributed by atoms with Crippen molar-refractivity contribution in [2.75, 3.05) is 0 Å². The molecule has 0 amide bonds. The molecular weight excluding hydrogens is 290 g/mol. The van der Waals surface area contributed by atoms with E-state index < -0.39 is 0 Å². The minimum atomic E-state index is -0.251. The van der Waals surface area contributed by atoms with Crippen LogP contribution in [0.4, 0.5) is 0 Å². The van der Waals surface area contributed by atoms with Gasteiger partial charge in [-0.2, -0.15) is 0 Å². The highest BCUT2D eigenvalue weighted by molar-refractivity contribution is 5.94. The van der Waals surface area contributed by atoms with E-state index in [0.717, 1.165) is 44.9 Å². The van der Waals surface area contributed by atoms with Gasteiger partial charge in [0.15, 0.2) is 5.78 Å². The molecule has 124 valence electrons. The van der Waals surface area contributed by atoms with Gasteiger partial charge in [-0.05, 0) is 62.4 Å². The summed E-state index contributed by atoms with van der Waals surface area (Å²) in [7, 11) is 0. The molecule has 0 heterocycles. The smallest absolute Gasteiger partial charge is 0.155 e. The highest BCUT2D eigenvalue weighted by Gasteiger charge is 2.59. The third-order valence-electron chi connectivity index (χ3n) is 7.56. The molecule has 1 N–H and O–H groups in total. The number of fused-ring (bicyclic) bond motifs is 5. The molecule has 4 aliphatic carbocycles.